The van der Waals surface area contributed by atoms with E-state index in [-0.39, 0.29) is 5.92 Å². The predicted octanol–water partition coefficient (Wildman–Crippen LogP) is 15.9. The maximum Gasteiger partial charge on any atom is 0.164 e. The van der Waals surface area contributed by atoms with Crippen LogP contribution in [0.3, 0.4) is 0 Å². The third kappa shape index (κ3) is 5.62. The second kappa shape index (κ2) is 14.0. The van der Waals surface area contributed by atoms with E-state index in [0.717, 1.165) is 101 Å². The normalized spacial score (nSPS) is 13.9. The SMILES string of the molecule is c1ccc2c(c1)CCC(c1c(-c3nc(-c4ccc5c(c4)oc4ccccc45)nc(-c4cccc5ccccc45)n3)ccc3c1oc1c4ccccc4ccc31)c1cc3ccccc3cc1-2. The summed E-state index contributed by atoms with van der Waals surface area (Å²) in [5.74, 6) is 1.70. The van der Waals surface area contributed by atoms with Crippen LogP contribution < -0.4 is 0 Å². The van der Waals surface area contributed by atoms with Gasteiger partial charge in [0.25, 0.3) is 0 Å². The number of hydrogen-bond donors (Lipinski definition) is 0. The maximum absolute atomic E-state index is 7.31. The van der Waals surface area contributed by atoms with Gasteiger partial charge in [-0.1, -0.05) is 146 Å². The molecule has 304 valence electrons. The van der Waals surface area contributed by atoms with Gasteiger partial charge in [0.2, 0.25) is 0 Å². The molecule has 1 atom stereocenters. The van der Waals surface area contributed by atoms with Gasteiger partial charge in [-0.15, -0.1) is 0 Å². The van der Waals surface area contributed by atoms with Gasteiger partial charge < -0.3 is 8.83 Å². The number of nitrogens with zero attached hydrogens (tertiary/aromatic N) is 3. The van der Waals surface area contributed by atoms with E-state index in [9.17, 15) is 0 Å². The van der Waals surface area contributed by atoms with Gasteiger partial charge in [-0.05, 0) is 111 Å². The molecule has 0 saturated carbocycles. The first-order valence-corrected chi connectivity index (χ1v) is 22.3. The summed E-state index contributed by atoms with van der Waals surface area (Å²) in [6, 6.07) is 69.0. The third-order valence-electron chi connectivity index (χ3n) is 13.8. The van der Waals surface area contributed by atoms with Crippen LogP contribution in [0.4, 0.5) is 0 Å². The second-order valence-corrected chi connectivity index (χ2v) is 17.3. The number of furan rings is 2. The number of fused-ring (bicyclic) bond motifs is 13. The largest absolute Gasteiger partial charge is 0.456 e. The lowest BCUT2D eigenvalue weighted by molar-refractivity contribution is 0.650. The summed E-state index contributed by atoms with van der Waals surface area (Å²) < 4.78 is 13.7. The molecule has 65 heavy (non-hydrogen) atoms. The molecule has 0 radical (unpaired) electrons. The van der Waals surface area contributed by atoms with Crippen LogP contribution in [-0.2, 0) is 6.42 Å². The van der Waals surface area contributed by atoms with E-state index in [4.69, 9.17) is 23.8 Å². The van der Waals surface area contributed by atoms with Crippen LogP contribution in [0.2, 0.25) is 0 Å². The van der Waals surface area contributed by atoms with Crippen molar-refractivity contribution >= 4 is 76.2 Å². The molecule has 0 fully saturated rings. The highest BCUT2D eigenvalue weighted by atomic mass is 16.3. The Labute approximate surface area is 373 Å². The monoisotopic (exact) mass is 831 g/mol. The van der Waals surface area contributed by atoms with Crippen molar-refractivity contribution in [2.45, 2.75) is 18.8 Å². The van der Waals surface area contributed by atoms with Gasteiger partial charge in [0, 0.05) is 55.1 Å². The smallest absolute Gasteiger partial charge is 0.164 e. The average Bonchev–Trinajstić information content (AvgIpc) is 3.90. The third-order valence-corrected chi connectivity index (χ3v) is 13.8. The Morgan fingerprint density at radius 1 is 0.369 bits per heavy atom. The van der Waals surface area contributed by atoms with Gasteiger partial charge in [0.05, 0.1) is 0 Å². The standard InChI is InChI=1S/C60H37N3O2/c1-2-16-39-33-52-46(28-24-36-13-4-7-19-42(36)51(52)32-38(39)15-1)55-50(31-30-48-47-29-25-37-14-5-8-20-43(37)56(47)65-57(48)55)60-62-58(40-26-27-45-44-21-9-10-23-53(44)64-54(45)34-40)61-59(63-60)49-22-11-17-35-12-3-6-18-41(35)49/h1-23,25-27,29-34,46H,24,28H2. The molecule has 0 amide bonds. The molecule has 0 N–H and O–H groups in total. The highest BCUT2D eigenvalue weighted by Crippen LogP contribution is 2.49. The van der Waals surface area contributed by atoms with E-state index >= 15 is 0 Å². The van der Waals surface area contributed by atoms with E-state index in [0.29, 0.717) is 17.5 Å². The van der Waals surface area contributed by atoms with Crippen molar-refractivity contribution in [2.24, 2.45) is 0 Å². The molecule has 1 aliphatic rings. The van der Waals surface area contributed by atoms with E-state index in [1.165, 1.54) is 33.0 Å². The van der Waals surface area contributed by atoms with E-state index < -0.39 is 0 Å². The summed E-state index contributed by atoms with van der Waals surface area (Å²) in [5.41, 5.74) is 12.3. The quantitative estimate of drug-likeness (QED) is 0.177. The Balaban J connectivity index is 1.08. The summed E-state index contributed by atoms with van der Waals surface area (Å²) in [6.45, 7) is 0. The average molecular weight is 832 g/mol. The Morgan fingerprint density at radius 3 is 1.86 bits per heavy atom. The number of aromatic nitrogens is 3. The number of hydrogen-bond acceptors (Lipinski definition) is 5. The molecule has 0 aliphatic heterocycles. The first kappa shape index (κ1) is 36.1. The second-order valence-electron chi connectivity index (χ2n) is 17.3. The minimum absolute atomic E-state index is 0.0688. The van der Waals surface area contributed by atoms with Crippen LogP contribution in [0.15, 0.2) is 203 Å². The first-order valence-electron chi connectivity index (χ1n) is 22.3. The zero-order valence-corrected chi connectivity index (χ0v) is 35.1. The first-order chi connectivity index (χ1) is 32.2. The van der Waals surface area contributed by atoms with Crippen LogP contribution >= 0.6 is 0 Å². The molecular formula is C60H37N3O2. The van der Waals surface area contributed by atoms with E-state index in [1.807, 2.05) is 18.2 Å². The Kier molecular flexibility index (Phi) is 7.80. The number of rotatable bonds is 4. The molecule has 1 unspecified atom stereocenters. The minimum Gasteiger partial charge on any atom is -0.456 e. The molecule has 10 aromatic carbocycles. The number of aryl methyl sites for hydroxylation is 1. The fourth-order valence-corrected chi connectivity index (χ4v) is 10.7. The predicted molar refractivity (Wildman–Crippen MR) is 265 cm³/mol. The fourth-order valence-electron chi connectivity index (χ4n) is 10.7. The summed E-state index contributed by atoms with van der Waals surface area (Å²) in [4.78, 5) is 16.3. The highest BCUT2D eigenvalue weighted by molar-refractivity contribution is 6.16. The summed E-state index contributed by atoms with van der Waals surface area (Å²) >= 11 is 0. The van der Waals surface area contributed by atoms with E-state index in [2.05, 4.69) is 176 Å². The summed E-state index contributed by atoms with van der Waals surface area (Å²) in [6.07, 6.45) is 1.76. The van der Waals surface area contributed by atoms with Crippen molar-refractivity contribution in [2.75, 3.05) is 0 Å². The Bertz CT molecular complexity index is 4100. The lowest BCUT2D eigenvalue weighted by atomic mass is 9.81. The number of benzene rings is 10. The minimum atomic E-state index is -0.0688. The van der Waals surface area contributed by atoms with Gasteiger partial charge in [0.1, 0.15) is 22.3 Å². The van der Waals surface area contributed by atoms with Gasteiger partial charge >= 0.3 is 0 Å². The van der Waals surface area contributed by atoms with Crippen LogP contribution in [0.5, 0.6) is 0 Å². The lowest BCUT2D eigenvalue weighted by Gasteiger charge is -2.23. The molecule has 14 rings (SSSR count). The van der Waals surface area contributed by atoms with Gasteiger partial charge in [-0.2, -0.15) is 0 Å². The zero-order chi connectivity index (χ0) is 42.6. The summed E-state index contributed by atoms with van der Waals surface area (Å²) in [7, 11) is 0. The molecule has 0 bridgehead atoms. The molecule has 3 aromatic heterocycles. The lowest BCUT2D eigenvalue weighted by Crippen LogP contribution is -2.08. The van der Waals surface area contributed by atoms with Crippen LogP contribution in [-0.4, -0.2) is 15.0 Å². The van der Waals surface area contributed by atoms with Gasteiger partial charge in [-0.3, -0.25) is 0 Å². The molecule has 13 aromatic rings. The molecule has 5 nitrogen and oxygen atoms in total. The van der Waals surface area contributed by atoms with Crippen molar-refractivity contribution in [3.05, 3.63) is 211 Å². The fraction of sp³-hybridized carbons (Fsp3) is 0.0500. The highest BCUT2D eigenvalue weighted by Gasteiger charge is 2.31. The molecule has 1 aliphatic carbocycles. The topological polar surface area (TPSA) is 65.0 Å². The Morgan fingerprint density at radius 2 is 0.985 bits per heavy atom. The van der Waals surface area contributed by atoms with Crippen molar-refractivity contribution in [3.63, 3.8) is 0 Å². The van der Waals surface area contributed by atoms with Crippen molar-refractivity contribution in [3.8, 4) is 45.3 Å². The Hall–Kier alpha value is -8.41. The maximum atomic E-state index is 7.31. The van der Waals surface area contributed by atoms with Crippen LogP contribution in [0.25, 0.3) is 121 Å². The van der Waals surface area contributed by atoms with E-state index in [1.54, 1.807) is 0 Å². The molecule has 5 heteroatoms. The van der Waals surface area contributed by atoms with Crippen LogP contribution in [0.1, 0.15) is 29.0 Å². The van der Waals surface area contributed by atoms with Crippen molar-refractivity contribution in [1.29, 1.82) is 0 Å². The molecule has 0 saturated heterocycles. The summed E-state index contributed by atoms with van der Waals surface area (Å²) in [5, 5.41) is 11.2. The number of para-hydroxylation sites is 1. The molecular weight excluding hydrogens is 795 g/mol. The van der Waals surface area contributed by atoms with Gasteiger partial charge in [-0.25, -0.2) is 15.0 Å². The van der Waals surface area contributed by atoms with Crippen molar-refractivity contribution < 1.29 is 8.83 Å². The zero-order valence-electron chi connectivity index (χ0n) is 35.1. The van der Waals surface area contributed by atoms with Crippen LogP contribution in [0, 0.1) is 0 Å². The van der Waals surface area contributed by atoms with Crippen molar-refractivity contribution in [1.82, 2.24) is 15.0 Å². The molecule has 0 spiro atoms. The van der Waals surface area contributed by atoms with Gasteiger partial charge in [0.15, 0.2) is 17.5 Å². The molecule has 3 heterocycles.